The minimum absolute atomic E-state index is 0.00141. The highest BCUT2D eigenvalue weighted by Crippen LogP contribution is 2.39. The predicted molar refractivity (Wildman–Crippen MR) is 110 cm³/mol. The minimum Gasteiger partial charge on any atom is -0.493 e. The Labute approximate surface area is 171 Å². The molecule has 0 unspecified atom stereocenters. The van der Waals surface area contributed by atoms with E-state index >= 15 is 0 Å². The Morgan fingerprint density at radius 3 is 2.79 bits per heavy atom. The second-order valence-electron chi connectivity index (χ2n) is 7.69. The summed E-state index contributed by atoms with van der Waals surface area (Å²) >= 11 is 0. The Bertz CT molecular complexity index is 940. The van der Waals surface area contributed by atoms with E-state index in [1.165, 1.54) is 0 Å². The van der Waals surface area contributed by atoms with Gasteiger partial charge in [0, 0.05) is 41.9 Å². The number of aromatic amines is 1. The summed E-state index contributed by atoms with van der Waals surface area (Å²) in [5, 5.41) is 0. The van der Waals surface area contributed by atoms with Crippen LogP contribution < -0.4 is 19.8 Å². The molecule has 0 bridgehead atoms. The molecule has 2 aromatic rings. The number of fused-ring (bicyclic) bond motifs is 1. The van der Waals surface area contributed by atoms with Crippen molar-refractivity contribution in [2.75, 3.05) is 26.5 Å². The van der Waals surface area contributed by atoms with E-state index in [0.717, 1.165) is 72.4 Å². The quantitative estimate of drug-likeness (QED) is 0.804. The zero-order valence-electron chi connectivity index (χ0n) is 17.4. The molecule has 29 heavy (non-hydrogen) atoms. The van der Waals surface area contributed by atoms with Crippen molar-refractivity contribution in [3.05, 3.63) is 45.1 Å². The topological polar surface area (TPSA) is 76.7 Å². The molecule has 1 atom stereocenters. The number of likely N-dealkylation sites (tertiary alicyclic amines) is 1. The summed E-state index contributed by atoms with van der Waals surface area (Å²) in [5.74, 6) is 3.39. The number of nitrogens with one attached hydrogen (secondary N) is 1. The molecule has 1 fully saturated rings. The van der Waals surface area contributed by atoms with Crippen LogP contribution in [-0.2, 0) is 13.0 Å². The van der Waals surface area contributed by atoms with Gasteiger partial charge in [0.05, 0.1) is 6.61 Å². The molecule has 2 aliphatic heterocycles. The maximum atomic E-state index is 12.4. The fourth-order valence-corrected chi connectivity index (χ4v) is 4.28. The maximum Gasteiger partial charge on any atom is 0.254 e. The molecule has 1 aromatic carbocycles. The lowest BCUT2D eigenvalue weighted by Crippen LogP contribution is -2.35. The first-order valence-corrected chi connectivity index (χ1v) is 10.5. The smallest absolute Gasteiger partial charge is 0.254 e. The van der Waals surface area contributed by atoms with Crippen molar-refractivity contribution in [3.8, 4) is 17.2 Å². The van der Waals surface area contributed by atoms with E-state index in [1.54, 1.807) is 0 Å². The van der Waals surface area contributed by atoms with Gasteiger partial charge in [-0.3, -0.25) is 9.69 Å². The van der Waals surface area contributed by atoms with Crippen LogP contribution in [0.2, 0.25) is 0 Å². The Kier molecular flexibility index (Phi) is 5.76. The monoisotopic (exact) mass is 399 g/mol. The van der Waals surface area contributed by atoms with Gasteiger partial charge in [-0.1, -0.05) is 6.92 Å². The van der Waals surface area contributed by atoms with Crippen molar-refractivity contribution in [2.45, 2.75) is 52.5 Å². The summed E-state index contributed by atoms with van der Waals surface area (Å²) in [7, 11) is 0. The van der Waals surface area contributed by atoms with E-state index in [1.807, 2.05) is 32.9 Å². The summed E-state index contributed by atoms with van der Waals surface area (Å²) in [4.78, 5) is 22.5. The van der Waals surface area contributed by atoms with Crippen LogP contribution in [0.1, 0.15) is 55.3 Å². The number of hydrogen-bond acceptors (Lipinski definition) is 6. The van der Waals surface area contributed by atoms with Crippen molar-refractivity contribution >= 4 is 0 Å². The molecule has 0 aliphatic carbocycles. The molecule has 1 aromatic heterocycles. The number of benzene rings is 1. The Hall–Kier alpha value is -2.54. The third-order valence-electron chi connectivity index (χ3n) is 5.74. The molecule has 0 spiro atoms. The van der Waals surface area contributed by atoms with Gasteiger partial charge >= 0.3 is 0 Å². The number of aryl methyl sites for hydroxylation is 1. The molecular formula is C22H29N3O4. The standard InChI is InChI=1S/C22H29N3O4/c1-4-17-14(3)23-21(24-22(17)26)15-7-6-8-25(11-15)12-16-9-19-20(29-13-28-19)10-18(16)27-5-2/h9-10,15H,4-8,11-13H2,1-3H3,(H,23,24,26)/t15-/m1/s1. The van der Waals surface area contributed by atoms with Crippen molar-refractivity contribution < 1.29 is 14.2 Å². The number of H-pyrrole nitrogens is 1. The molecule has 0 saturated carbocycles. The van der Waals surface area contributed by atoms with E-state index in [4.69, 9.17) is 19.2 Å². The van der Waals surface area contributed by atoms with Crippen molar-refractivity contribution in [2.24, 2.45) is 0 Å². The molecule has 1 N–H and O–H groups in total. The molecule has 0 radical (unpaired) electrons. The van der Waals surface area contributed by atoms with Crippen molar-refractivity contribution in [1.82, 2.24) is 14.9 Å². The Morgan fingerprint density at radius 2 is 2.07 bits per heavy atom. The molecule has 1 saturated heterocycles. The van der Waals surface area contributed by atoms with Crippen LogP contribution in [0.3, 0.4) is 0 Å². The van der Waals surface area contributed by atoms with E-state index < -0.39 is 0 Å². The molecule has 4 rings (SSSR count). The van der Waals surface area contributed by atoms with Gasteiger partial charge in [-0.2, -0.15) is 0 Å². The fourth-order valence-electron chi connectivity index (χ4n) is 4.28. The predicted octanol–water partition coefficient (Wildman–Crippen LogP) is 3.15. The van der Waals surface area contributed by atoms with Crippen LogP contribution in [-0.4, -0.2) is 41.4 Å². The first-order valence-electron chi connectivity index (χ1n) is 10.5. The van der Waals surface area contributed by atoms with E-state index in [-0.39, 0.29) is 18.3 Å². The summed E-state index contributed by atoms with van der Waals surface area (Å²) in [6.07, 6.45) is 2.80. The van der Waals surface area contributed by atoms with E-state index in [2.05, 4.69) is 9.88 Å². The highest BCUT2D eigenvalue weighted by Gasteiger charge is 2.26. The maximum absolute atomic E-state index is 12.4. The lowest BCUT2D eigenvalue weighted by atomic mass is 9.96. The van der Waals surface area contributed by atoms with Crippen LogP contribution in [0.15, 0.2) is 16.9 Å². The van der Waals surface area contributed by atoms with Gasteiger partial charge in [-0.05, 0) is 45.7 Å². The zero-order valence-corrected chi connectivity index (χ0v) is 17.4. The molecule has 156 valence electrons. The minimum atomic E-state index is 0.00141. The lowest BCUT2D eigenvalue weighted by molar-refractivity contribution is 0.173. The van der Waals surface area contributed by atoms with Gasteiger partial charge in [0.15, 0.2) is 11.5 Å². The van der Waals surface area contributed by atoms with Gasteiger partial charge in [0.2, 0.25) is 6.79 Å². The number of hydrogen-bond donors (Lipinski definition) is 1. The normalized spacial score (nSPS) is 18.8. The second kappa shape index (κ2) is 8.45. The highest BCUT2D eigenvalue weighted by molar-refractivity contribution is 5.51. The van der Waals surface area contributed by atoms with Crippen LogP contribution in [0.5, 0.6) is 17.2 Å². The highest BCUT2D eigenvalue weighted by atomic mass is 16.7. The third-order valence-corrected chi connectivity index (χ3v) is 5.74. The SMILES string of the molecule is CCOc1cc2c(cc1CN1CCC[C@@H](c3nc(C)c(CC)c(=O)[nH]3)C1)OCO2. The zero-order chi connectivity index (χ0) is 20.4. The fraction of sp³-hybridized carbons (Fsp3) is 0.545. The lowest BCUT2D eigenvalue weighted by Gasteiger charge is -2.32. The van der Waals surface area contributed by atoms with Crippen LogP contribution in [0.25, 0.3) is 0 Å². The van der Waals surface area contributed by atoms with Crippen LogP contribution in [0.4, 0.5) is 0 Å². The number of ether oxygens (including phenoxy) is 3. The molecule has 0 amide bonds. The molecule has 2 aliphatic rings. The third kappa shape index (κ3) is 4.10. The average molecular weight is 399 g/mol. The molecular weight excluding hydrogens is 370 g/mol. The van der Waals surface area contributed by atoms with Gasteiger partial charge in [0.1, 0.15) is 11.6 Å². The number of nitrogens with zero attached hydrogens (tertiary/aromatic N) is 2. The van der Waals surface area contributed by atoms with Gasteiger partial charge in [-0.25, -0.2) is 4.98 Å². The number of rotatable bonds is 6. The first-order chi connectivity index (χ1) is 14.1. The number of piperidine rings is 1. The first kappa shape index (κ1) is 19.8. The largest absolute Gasteiger partial charge is 0.493 e. The van der Waals surface area contributed by atoms with E-state index in [9.17, 15) is 4.79 Å². The Balaban J connectivity index is 1.53. The van der Waals surface area contributed by atoms with Gasteiger partial charge in [-0.15, -0.1) is 0 Å². The molecule has 7 heteroatoms. The summed E-state index contributed by atoms with van der Waals surface area (Å²) < 4.78 is 16.9. The van der Waals surface area contributed by atoms with E-state index in [0.29, 0.717) is 13.0 Å². The van der Waals surface area contributed by atoms with Crippen LogP contribution >= 0.6 is 0 Å². The molecule has 3 heterocycles. The average Bonchev–Trinajstić information content (AvgIpc) is 3.15. The molecule has 7 nitrogen and oxygen atoms in total. The second-order valence-corrected chi connectivity index (χ2v) is 7.69. The van der Waals surface area contributed by atoms with Gasteiger partial charge in [0.25, 0.3) is 5.56 Å². The van der Waals surface area contributed by atoms with Gasteiger partial charge < -0.3 is 19.2 Å². The number of aromatic nitrogens is 2. The van der Waals surface area contributed by atoms with Crippen molar-refractivity contribution in [1.29, 1.82) is 0 Å². The van der Waals surface area contributed by atoms with Crippen molar-refractivity contribution in [3.63, 3.8) is 0 Å². The Morgan fingerprint density at radius 1 is 1.28 bits per heavy atom. The summed E-state index contributed by atoms with van der Waals surface area (Å²) in [6.45, 7) is 9.38. The summed E-state index contributed by atoms with van der Waals surface area (Å²) in [6, 6.07) is 3.95. The summed E-state index contributed by atoms with van der Waals surface area (Å²) in [5.41, 5.74) is 2.72. The van der Waals surface area contributed by atoms with Crippen LogP contribution in [0, 0.1) is 6.92 Å².